The van der Waals surface area contributed by atoms with Crippen LogP contribution in [0.15, 0.2) is 60.7 Å². The van der Waals surface area contributed by atoms with E-state index >= 15 is 0 Å². The molecule has 1 aliphatic rings. The van der Waals surface area contributed by atoms with Crippen molar-refractivity contribution in [2.75, 3.05) is 52.7 Å². The molecule has 0 bridgehead atoms. The summed E-state index contributed by atoms with van der Waals surface area (Å²) < 4.78 is 5.46. The molecule has 3 N–H and O–H groups in total. The molecular weight excluding hydrogens is 492 g/mol. The molecular formula is C30H36N6O3. The van der Waals surface area contributed by atoms with Gasteiger partial charge >= 0.3 is 0 Å². The van der Waals surface area contributed by atoms with Crippen LogP contribution in [0.1, 0.15) is 23.3 Å². The van der Waals surface area contributed by atoms with Gasteiger partial charge in [-0.1, -0.05) is 30.8 Å². The number of ether oxygens (including phenoxy) is 1. The Balaban J connectivity index is 0.000000272. The van der Waals surface area contributed by atoms with E-state index in [1.807, 2.05) is 42.5 Å². The highest BCUT2D eigenvalue weighted by Crippen LogP contribution is 2.35. The molecule has 0 aliphatic carbocycles. The number of carbonyl (C=O) groups excluding carboxylic acids is 2. The fourth-order valence-corrected chi connectivity index (χ4v) is 4.32. The Labute approximate surface area is 229 Å². The summed E-state index contributed by atoms with van der Waals surface area (Å²) in [5.41, 5.74) is 3.20. The Bertz CT molecular complexity index is 1340. The van der Waals surface area contributed by atoms with E-state index in [9.17, 15) is 9.59 Å². The van der Waals surface area contributed by atoms with Gasteiger partial charge in [-0.05, 0) is 69.7 Å². The van der Waals surface area contributed by atoms with E-state index in [0.29, 0.717) is 41.8 Å². The number of nitrogens with zero attached hydrogens (tertiary/aromatic N) is 3. The highest BCUT2D eigenvalue weighted by atomic mass is 16.5. The molecule has 204 valence electrons. The first kappa shape index (κ1) is 29.3. The summed E-state index contributed by atoms with van der Waals surface area (Å²) in [7, 11) is 5.50. The number of carbonyl (C=O) groups is 2. The lowest BCUT2D eigenvalue weighted by Gasteiger charge is -2.29. The third-order valence-electron chi connectivity index (χ3n) is 6.45. The number of anilines is 1. The van der Waals surface area contributed by atoms with Gasteiger partial charge in [0.1, 0.15) is 11.4 Å². The Morgan fingerprint density at radius 1 is 1.21 bits per heavy atom. The van der Waals surface area contributed by atoms with Crippen molar-refractivity contribution in [1.29, 1.82) is 5.26 Å². The largest absolute Gasteiger partial charge is 0.495 e. The van der Waals surface area contributed by atoms with Gasteiger partial charge in [0.05, 0.1) is 31.1 Å². The first-order valence-corrected chi connectivity index (χ1v) is 12.9. The Morgan fingerprint density at radius 3 is 2.62 bits per heavy atom. The van der Waals surface area contributed by atoms with Crippen LogP contribution >= 0.6 is 0 Å². The van der Waals surface area contributed by atoms with E-state index < -0.39 is 0 Å². The number of amides is 1. The highest BCUT2D eigenvalue weighted by molar-refractivity contribution is 5.99. The average molecular weight is 529 g/mol. The zero-order valence-corrected chi connectivity index (χ0v) is 22.8. The van der Waals surface area contributed by atoms with E-state index in [4.69, 9.17) is 10.00 Å². The van der Waals surface area contributed by atoms with Gasteiger partial charge in [-0.2, -0.15) is 5.26 Å². The summed E-state index contributed by atoms with van der Waals surface area (Å²) >= 11 is 0. The molecule has 2 heterocycles. The second-order valence-electron chi connectivity index (χ2n) is 9.39. The molecule has 1 aliphatic heterocycles. The minimum absolute atomic E-state index is 0.108. The number of methoxy groups -OCH3 is 1. The molecule has 0 saturated carbocycles. The summed E-state index contributed by atoms with van der Waals surface area (Å²) in [6, 6.07) is 17.5. The highest BCUT2D eigenvalue weighted by Gasteiger charge is 2.17. The number of pyridine rings is 1. The summed E-state index contributed by atoms with van der Waals surface area (Å²) in [5, 5.41) is 20.0. The van der Waals surface area contributed by atoms with Crippen molar-refractivity contribution < 1.29 is 14.3 Å². The van der Waals surface area contributed by atoms with Crippen molar-refractivity contribution in [3.63, 3.8) is 0 Å². The molecule has 2 aromatic carbocycles. The van der Waals surface area contributed by atoms with Gasteiger partial charge in [-0.3, -0.25) is 9.59 Å². The van der Waals surface area contributed by atoms with Crippen LogP contribution in [-0.2, 0) is 4.79 Å². The van der Waals surface area contributed by atoms with Crippen LogP contribution in [0.3, 0.4) is 0 Å². The third-order valence-corrected chi connectivity index (χ3v) is 6.45. The number of aldehydes is 1. The molecule has 1 aromatic heterocycles. The number of hydrogen-bond acceptors (Lipinski definition) is 8. The number of nitrogens with one attached hydrogen (secondary N) is 3. The lowest BCUT2D eigenvalue weighted by molar-refractivity contribution is -0.121. The molecule has 0 spiro atoms. The fraction of sp³-hybridized carbons (Fsp3) is 0.333. The van der Waals surface area contributed by atoms with Gasteiger partial charge in [-0.15, -0.1) is 0 Å². The van der Waals surface area contributed by atoms with Crippen molar-refractivity contribution in [2.45, 2.75) is 18.9 Å². The predicted octanol–water partition coefficient (Wildman–Crippen LogP) is 3.63. The fourth-order valence-electron chi connectivity index (χ4n) is 4.32. The van der Waals surface area contributed by atoms with Crippen LogP contribution in [-0.4, -0.2) is 75.5 Å². The van der Waals surface area contributed by atoms with E-state index in [1.54, 1.807) is 26.3 Å². The molecule has 0 unspecified atom stereocenters. The lowest BCUT2D eigenvalue weighted by atomic mass is 10.0. The van der Waals surface area contributed by atoms with Crippen LogP contribution in [0.25, 0.3) is 22.0 Å². The van der Waals surface area contributed by atoms with Crippen molar-refractivity contribution in [3.05, 3.63) is 66.4 Å². The van der Waals surface area contributed by atoms with E-state index in [1.165, 1.54) is 0 Å². The molecule has 3 aromatic rings. The number of rotatable bonds is 9. The number of nitriles is 1. The Morgan fingerprint density at radius 2 is 1.95 bits per heavy atom. The van der Waals surface area contributed by atoms with Gasteiger partial charge in [0.25, 0.3) is 0 Å². The minimum Gasteiger partial charge on any atom is -0.495 e. The Kier molecular flexibility index (Phi) is 11.0. The standard InChI is InChI=1S/C21H17N3O2.C9H19N3O/c1-14(11-22)12-23-21-18-10-16(19-5-3-4-17(13-25)24-19)7-6-15(18)8-9-20(21)26-2;1-10-7-9(13)11-8-3-5-12(2)6-4-8/h3-10,13,23H,1,12H2,2H3;8,10H,3-7H2,1-2H3,(H,11,13). The SMILES string of the molecule is C=C(C#N)CNc1c(OC)ccc2ccc(-c3cccc(C=O)n3)cc12.CNCC(=O)NC1CCN(C)CC1. The van der Waals surface area contributed by atoms with E-state index in [0.717, 1.165) is 54.2 Å². The molecule has 9 heteroatoms. The number of benzene rings is 2. The molecule has 1 saturated heterocycles. The van der Waals surface area contributed by atoms with Gasteiger partial charge < -0.3 is 25.6 Å². The molecule has 1 fully saturated rings. The maximum atomic E-state index is 11.2. The molecule has 0 atom stereocenters. The van der Waals surface area contributed by atoms with Crippen molar-refractivity contribution in [1.82, 2.24) is 20.5 Å². The topological polar surface area (TPSA) is 119 Å². The van der Waals surface area contributed by atoms with E-state index in [2.05, 4.69) is 39.5 Å². The lowest BCUT2D eigenvalue weighted by Crippen LogP contribution is -2.45. The second kappa shape index (κ2) is 14.6. The normalized spacial score (nSPS) is 13.5. The summed E-state index contributed by atoms with van der Waals surface area (Å²) in [4.78, 5) is 28.8. The van der Waals surface area contributed by atoms with Crippen molar-refractivity contribution in [3.8, 4) is 23.1 Å². The zero-order chi connectivity index (χ0) is 28.2. The first-order valence-electron chi connectivity index (χ1n) is 12.9. The average Bonchev–Trinajstić information content (AvgIpc) is 2.97. The van der Waals surface area contributed by atoms with E-state index in [-0.39, 0.29) is 5.91 Å². The number of hydrogen-bond donors (Lipinski definition) is 3. The maximum Gasteiger partial charge on any atom is 0.234 e. The molecule has 39 heavy (non-hydrogen) atoms. The van der Waals surface area contributed by atoms with Gasteiger partial charge in [0, 0.05) is 29.1 Å². The Hall–Kier alpha value is -4.26. The van der Waals surface area contributed by atoms with Gasteiger partial charge in [0.2, 0.25) is 5.91 Å². The van der Waals surface area contributed by atoms with Crippen LogP contribution in [0.5, 0.6) is 5.75 Å². The minimum atomic E-state index is 0.108. The second-order valence-corrected chi connectivity index (χ2v) is 9.39. The molecule has 0 radical (unpaired) electrons. The molecule has 1 amide bonds. The number of aromatic nitrogens is 1. The monoisotopic (exact) mass is 528 g/mol. The van der Waals surface area contributed by atoms with Crippen molar-refractivity contribution >= 4 is 28.7 Å². The van der Waals surface area contributed by atoms with Crippen LogP contribution in [0, 0.1) is 11.3 Å². The smallest absolute Gasteiger partial charge is 0.234 e. The maximum absolute atomic E-state index is 11.2. The quantitative estimate of drug-likeness (QED) is 0.285. The number of fused-ring (bicyclic) bond motifs is 1. The van der Waals surface area contributed by atoms with Gasteiger partial charge in [-0.25, -0.2) is 4.98 Å². The zero-order valence-electron chi connectivity index (χ0n) is 22.8. The number of piperidine rings is 1. The summed E-state index contributed by atoms with van der Waals surface area (Å²) in [6.45, 7) is 6.63. The number of likely N-dealkylation sites (tertiary alicyclic amines) is 1. The van der Waals surface area contributed by atoms with Gasteiger partial charge in [0.15, 0.2) is 6.29 Å². The number of likely N-dealkylation sites (N-methyl/N-ethyl adjacent to an activating group) is 1. The predicted molar refractivity (Wildman–Crippen MR) is 155 cm³/mol. The molecule has 4 rings (SSSR count). The van der Waals surface area contributed by atoms with Crippen LogP contribution in [0.2, 0.25) is 0 Å². The van der Waals surface area contributed by atoms with Crippen LogP contribution in [0.4, 0.5) is 5.69 Å². The van der Waals surface area contributed by atoms with Crippen molar-refractivity contribution in [2.24, 2.45) is 0 Å². The summed E-state index contributed by atoms with van der Waals surface area (Å²) in [5.74, 6) is 0.784. The first-order chi connectivity index (χ1) is 18.9. The van der Waals surface area contributed by atoms with Crippen LogP contribution < -0.4 is 20.7 Å². The molecule has 9 nitrogen and oxygen atoms in total. The summed E-state index contributed by atoms with van der Waals surface area (Å²) in [6.07, 6.45) is 2.88. The third kappa shape index (κ3) is 8.37.